The van der Waals surface area contributed by atoms with E-state index in [0.717, 1.165) is 0 Å². The van der Waals surface area contributed by atoms with Gasteiger partial charge >= 0.3 is 5.97 Å². The SMILES string of the molecule is CC=C(C)C(=O)OC(C=CCO)=CCO. The van der Waals surface area contributed by atoms with Crippen LogP contribution >= 0.6 is 0 Å². The molecule has 0 bridgehead atoms. The summed E-state index contributed by atoms with van der Waals surface area (Å²) in [7, 11) is 0. The lowest BCUT2D eigenvalue weighted by Crippen LogP contribution is -2.05. The second-order valence-electron chi connectivity index (χ2n) is 2.74. The topological polar surface area (TPSA) is 66.8 Å². The molecule has 84 valence electrons. The van der Waals surface area contributed by atoms with Crippen LogP contribution in [-0.2, 0) is 9.53 Å². The number of hydrogen-bond donors (Lipinski definition) is 2. The van der Waals surface area contributed by atoms with Crippen LogP contribution in [0.25, 0.3) is 0 Å². The number of aliphatic hydroxyl groups excluding tert-OH is 2. The molecule has 0 fully saturated rings. The molecule has 0 spiro atoms. The molecule has 0 saturated heterocycles. The van der Waals surface area contributed by atoms with Crippen molar-refractivity contribution in [3.63, 3.8) is 0 Å². The summed E-state index contributed by atoms with van der Waals surface area (Å²) in [5.41, 5.74) is 0.483. The van der Waals surface area contributed by atoms with Gasteiger partial charge in [-0.25, -0.2) is 4.79 Å². The van der Waals surface area contributed by atoms with Crippen molar-refractivity contribution >= 4 is 5.97 Å². The zero-order valence-electron chi connectivity index (χ0n) is 8.93. The quantitative estimate of drug-likeness (QED) is 0.308. The molecule has 0 atom stereocenters. The fraction of sp³-hybridized carbons (Fsp3) is 0.364. The molecule has 0 unspecified atom stereocenters. The van der Waals surface area contributed by atoms with Gasteiger partial charge in [0.15, 0.2) is 0 Å². The highest BCUT2D eigenvalue weighted by atomic mass is 16.5. The van der Waals surface area contributed by atoms with Crippen molar-refractivity contribution in [3.8, 4) is 0 Å². The zero-order chi connectivity index (χ0) is 11.7. The fourth-order valence-corrected chi connectivity index (χ4v) is 0.708. The van der Waals surface area contributed by atoms with Crippen molar-refractivity contribution in [2.45, 2.75) is 13.8 Å². The average Bonchev–Trinajstić information content (AvgIpc) is 2.24. The van der Waals surface area contributed by atoms with Gasteiger partial charge in [0, 0.05) is 5.57 Å². The highest BCUT2D eigenvalue weighted by molar-refractivity contribution is 5.88. The van der Waals surface area contributed by atoms with Crippen LogP contribution in [0.5, 0.6) is 0 Å². The summed E-state index contributed by atoms with van der Waals surface area (Å²) in [5, 5.41) is 17.2. The minimum Gasteiger partial charge on any atom is -0.423 e. The van der Waals surface area contributed by atoms with Gasteiger partial charge in [-0.15, -0.1) is 0 Å². The molecule has 15 heavy (non-hydrogen) atoms. The van der Waals surface area contributed by atoms with Crippen LogP contribution in [0.3, 0.4) is 0 Å². The average molecular weight is 212 g/mol. The third-order valence-corrected chi connectivity index (χ3v) is 1.65. The lowest BCUT2D eigenvalue weighted by atomic mass is 10.3. The molecule has 0 rings (SSSR count). The number of esters is 1. The Hall–Kier alpha value is -1.39. The molecule has 0 aromatic carbocycles. The molecule has 0 heterocycles. The van der Waals surface area contributed by atoms with Crippen LogP contribution in [0, 0.1) is 0 Å². The number of carbonyl (C=O) groups excluding carboxylic acids is 1. The van der Waals surface area contributed by atoms with Gasteiger partial charge in [-0.1, -0.05) is 12.2 Å². The van der Waals surface area contributed by atoms with E-state index >= 15 is 0 Å². The minimum absolute atomic E-state index is 0.150. The van der Waals surface area contributed by atoms with Gasteiger partial charge in [-0.2, -0.15) is 0 Å². The molecule has 4 heteroatoms. The van der Waals surface area contributed by atoms with Gasteiger partial charge < -0.3 is 14.9 Å². The normalized spacial score (nSPS) is 13.3. The fourth-order valence-electron chi connectivity index (χ4n) is 0.708. The van der Waals surface area contributed by atoms with Gasteiger partial charge in [-0.3, -0.25) is 0 Å². The first-order valence-corrected chi connectivity index (χ1v) is 4.59. The molecular formula is C11H16O4. The van der Waals surface area contributed by atoms with Crippen molar-refractivity contribution in [2.75, 3.05) is 13.2 Å². The first-order chi connectivity index (χ1) is 7.15. The molecular weight excluding hydrogens is 196 g/mol. The molecule has 4 nitrogen and oxygen atoms in total. The standard InChI is InChI=1S/C11H16O4/c1-3-9(2)11(14)15-10(6-8-13)5-4-7-12/h3-6,12-13H,7-8H2,1-2H3. The Morgan fingerprint density at radius 1 is 1.33 bits per heavy atom. The maximum absolute atomic E-state index is 11.3. The van der Waals surface area contributed by atoms with Crippen LogP contribution < -0.4 is 0 Å². The monoisotopic (exact) mass is 212 g/mol. The Labute approximate surface area is 89.2 Å². The second kappa shape index (κ2) is 7.96. The first-order valence-electron chi connectivity index (χ1n) is 4.59. The second-order valence-corrected chi connectivity index (χ2v) is 2.74. The highest BCUT2D eigenvalue weighted by Crippen LogP contribution is 2.05. The van der Waals surface area contributed by atoms with E-state index in [0.29, 0.717) is 5.57 Å². The molecule has 0 aromatic rings. The number of rotatable bonds is 5. The molecule has 0 radical (unpaired) electrons. The Morgan fingerprint density at radius 3 is 2.47 bits per heavy atom. The maximum Gasteiger partial charge on any atom is 0.338 e. The van der Waals surface area contributed by atoms with Crippen LogP contribution in [-0.4, -0.2) is 29.4 Å². The van der Waals surface area contributed by atoms with E-state index in [2.05, 4.69) is 0 Å². The largest absolute Gasteiger partial charge is 0.423 e. The van der Waals surface area contributed by atoms with E-state index in [1.54, 1.807) is 19.9 Å². The van der Waals surface area contributed by atoms with Crippen molar-refractivity contribution in [1.82, 2.24) is 0 Å². The van der Waals surface area contributed by atoms with Gasteiger partial charge in [0.2, 0.25) is 0 Å². The van der Waals surface area contributed by atoms with Gasteiger partial charge in [-0.05, 0) is 26.0 Å². The summed E-state index contributed by atoms with van der Waals surface area (Å²) in [6, 6.07) is 0. The molecule has 2 N–H and O–H groups in total. The van der Waals surface area contributed by atoms with Crippen LogP contribution in [0.1, 0.15) is 13.8 Å². The maximum atomic E-state index is 11.3. The summed E-state index contributed by atoms with van der Waals surface area (Å²) in [5.74, 6) is -0.252. The van der Waals surface area contributed by atoms with Gasteiger partial charge in [0.25, 0.3) is 0 Å². The van der Waals surface area contributed by atoms with Crippen molar-refractivity contribution < 1.29 is 19.7 Å². The Bertz CT molecular complexity index is 287. The van der Waals surface area contributed by atoms with Gasteiger partial charge in [0.1, 0.15) is 5.76 Å². The Kier molecular flexibility index (Phi) is 7.23. The van der Waals surface area contributed by atoms with E-state index in [1.165, 1.54) is 18.2 Å². The van der Waals surface area contributed by atoms with E-state index in [-0.39, 0.29) is 19.0 Å². The Morgan fingerprint density at radius 2 is 2.00 bits per heavy atom. The smallest absolute Gasteiger partial charge is 0.338 e. The number of allylic oxidation sites excluding steroid dienone is 2. The number of carbonyl (C=O) groups is 1. The van der Waals surface area contributed by atoms with E-state index in [4.69, 9.17) is 14.9 Å². The summed E-state index contributed by atoms with van der Waals surface area (Å²) in [6.45, 7) is 2.99. The number of ether oxygens (including phenoxy) is 1. The number of hydrogen-bond acceptors (Lipinski definition) is 4. The predicted molar refractivity (Wildman–Crippen MR) is 56.9 cm³/mol. The van der Waals surface area contributed by atoms with E-state index in [1.807, 2.05) is 0 Å². The Balaban J connectivity index is 4.49. The molecule has 0 saturated carbocycles. The lowest BCUT2D eigenvalue weighted by molar-refractivity contribution is -0.134. The minimum atomic E-state index is -0.472. The summed E-state index contributed by atoms with van der Waals surface area (Å²) in [6.07, 6.45) is 5.82. The number of aliphatic hydroxyl groups is 2. The predicted octanol–water partition coefficient (Wildman–Crippen LogP) is 0.920. The van der Waals surface area contributed by atoms with Crippen LogP contribution in [0.2, 0.25) is 0 Å². The van der Waals surface area contributed by atoms with Crippen molar-refractivity contribution in [2.24, 2.45) is 0 Å². The van der Waals surface area contributed by atoms with Crippen molar-refractivity contribution in [3.05, 3.63) is 35.6 Å². The summed E-state index contributed by atoms with van der Waals surface area (Å²) < 4.78 is 4.94. The molecule has 0 aromatic heterocycles. The van der Waals surface area contributed by atoms with Crippen LogP contribution in [0.4, 0.5) is 0 Å². The zero-order valence-corrected chi connectivity index (χ0v) is 8.93. The van der Waals surface area contributed by atoms with Crippen molar-refractivity contribution in [1.29, 1.82) is 0 Å². The van der Waals surface area contributed by atoms with E-state index < -0.39 is 5.97 Å². The third-order valence-electron chi connectivity index (χ3n) is 1.65. The summed E-state index contributed by atoms with van der Waals surface area (Å²) >= 11 is 0. The summed E-state index contributed by atoms with van der Waals surface area (Å²) in [4.78, 5) is 11.3. The first kappa shape index (κ1) is 13.6. The highest BCUT2D eigenvalue weighted by Gasteiger charge is 2.06. The lowest BCUT2D eigenvalue weighted by Gasteiger charge is -2.04. The van der Waals surface area contributed by atoms with Gasteiger partial charge in [0.05, 0.1) is 13.2 Å². The third kappa shape index (κ3) is 5.83. The molecule has 0 amide bonds. The molecule has 0 aliphatic rings. The molecule has 0 aliphatic carbocycles. The van der Waals surface area contributed by atoms with E-state index in [9.17, 15) is 4.79 Å². The molecule has 0 aliphatic heterocycles. The van der Waals surface area contributed by atoms with Crippen LogP contribution in [0.15, 0.2) is 35.6 Å².